The fourth-order valence-corrected chi connectivity index (χ4v) is 7.57. The molecule has 0 spiro atoms. The molecule has 0 aromatic heterocycles. The number of hydrogen-bond acceptors (Lipinski definition) is 4. The molecule has 12 heteroatoms. The predicted molar refractivity (Wildman–Crippen MR) is 196 cm³/mol. The summed E-state index contributed by atoms with van der Waals surface area (Å²) in [4.78, 5) is 31.2. The highest BCUT2D eigenvalue weighted by molar-refractivity contribution is 6.36. The molecule has 6 nitrogen and oxygen atoms in total. The first kappa shape index (κ1) is 33.9. The fourth-order valence-electron chi connectivity index (χ4n) is 6.17. The van der Waals surface area contributed by atoms with Crippen molar-refractivity contribution >= 4 is 92.8 Å². The Bertz CT molecular complexity index is 2130. The molecule has 2 heterocycles. The van der Waals surface area contributed by atoms with E-state index in [4.69, 9.17) is 79.1 Å². The van der Waals surface area contributed by atoms with Crippen molar-refractivity contribution in [3.63, 3.8) is 0 Å². The van der Waals surface area contributed by atoms with Gasteiger partial charge in [0.05, 0.1) is 10.0 Å². The van der Waals surface area contributed by atoms with Crippen LogP contribution >= 0.6 is 69.6 Å². The van der Waals surface area contributed by atoms with Crippen molar-refractivity contribution in [1.29, 1.82) is 0 Å². The van der Waals surface area contributed by atoms with Crippen LogP contribution in [0.25, 0.3) is 0 Å². The van der Waals surface area contributed by atoms with Crippen LogP contribution in [0.5, 0.6) is 11.5 Å². The van der Waals surface area contributed by atoms with Gasteiger partial charge in [-0.1, -0.05) is 112 Å². The van der Waals surface area contributed by atoms with Crippen LogP contribution in [0.15, 0.2) is 103 Å². The number of amides is 2. The number of hydrogen-bond donors (Lipinski definition) is 0. The highest BCUT2D eigenvalue weighted by Gasteiger charge is 2.54. The van der Waals surface area contributed by atoms with Gasteiger partial charge >= 0.3 is 0 Å². The lowest BCUT2D eigenvalue weighted by atomic mass is 9.87. The standard InChI is InChI=1S/C37H24Cl6N2O4/c1-19-10-13-22(44-32(23-6-2-4-8-25(23)40)34(36(44)46)48-30-14-11-20(38)16-27(30)42)18-29(19)45-33(24-7-3-5-9-26(24)41)35(37(45)47)49-31-15-12-21(39)17-28(31)43/h2-18,32-35H,1H3. The number of rotatable bonds is 8. The Morgan fingerprint density at radius 1 is 0.531 bits per heavy atom. The maximum atomic E-state index is 14.0. The van der Waals surface area contributed by atoms with Gasteiger partial charge in [0.2, 0.25) is 12.2 Å². The number of halogens is 6. The maximum Gasteiger partial charge on any atom is 0.271 e. The summed E-state index contributed by atoms with van der Waals surface area (Å²) in [6.07, 6.45) is -1.88. The SMILES string of the molecule is Cc1ccc(N2C(=O)C(Oc3ccc(Cl)cc3Cl)C2c2ccccc2Cl)cc1N1C(=O)C(Oc2ccc(Cl)cc2Cl)C1c1ccccc1Cl. The highest BCUT2D eigenvalue weighted by Crippen LogP contribution is 2.49. The van der Waals surface area contributed by atoms with Crippen molar-refractivity contribution in [2.45, 2.75) is 31.2 Å². The van der Waals surface area contributed by atoms with Crippen LogP contribution in [0, 0.1) is 6.92 Å². The van der Waals surface area contributed by atoms with Gasteiger partial charge in [0.25, 0.3) is 11.8 Å². The minimum atomic E-state index is -0.940. The third kappa shape index (κ3) is 6.20. The lowest BCUT2D eigenvalue weighted by molar-refractivity contribution is -0.135. The Hall–Kier alpha value is -3.62. The van der Waals surface area contributed by atoms with Crippen molar-refractivity contribution < 1.29 is 19.1 Å². The molecule has 7 rings (SSSR count). The molecule has 2 aliphatic heterocycles. The summed E-state index contributed by atoms with van der Waals surface area (Å²) >= 11 is 38.4. The molecule has 2 amide bonds. The largest absolute Gasteiger partial charge is 0.476 e. The van der Waals surface area contributed by atoms with Crippen molar-refractivity contribution in [3.05, 3.63) is 150 Å². The molecular formula is C37H24Cl6N2O4. The molecule has 5 aromatic carbocycles. The van der Waals surface area contributed by atoms with Crippen molar-refractivity contribution in [2.24, 2.45) is 0 Å². The summed E-state index contributed by atoms with van der Waals surface area (Å²) in [7, 11) is 0. The molecule has 0 N–H and O–H groups in total. The van der Waals surface area contributed by atoms with Gasteiger partial charge in [0, 0.05) is 31.5 Å². The van der Waals surface area contributed by atoms with Crippen molar-refractivity contribution in [2.75, 3.05) is 9.80 Å². The zero-order valence-electron chi connectivity index (χ0n) is 25.4. The Labute approximate surface area is 312 Å². The first-order chi connectivity index (χ1) is 23.5. The Morgan fingerprint density at radius 2 is 1.00 bits per heavy atom. The number of aryl methyl sites for hydroxylation is 1. The highest BCUT2D eigenvalue weighted by atomic mass is 35.5. The second-order valence-electron chi connectivity index (χ2n) is 11.5. The zero-order valence-corrected chi connectivity index (χ0v) is 30.0. The van der Waals surface area contributed by atoms with Crippen LogP contribution in [0.3, 0.4) is 0 Å². The van der Waals surface area contributed by atoms with Gasteiger partial charge in [0.1, 0.15) is 23.6 Å². The molecular weight excluding hydrogens is 749 g/mol. The van der Waals surface area contributed by atoms with Crippen LogP contribution < -0.4 is 19.3 Å². The van der Waals surface area contributed by atoms with E-state index in [2.05, 4.69) is 0 Å². The van der Waals surface area contributed by atoms with E-state index in [1.807, 2.05) is 55.5 Å². The zero-order chi connectivity index (χ0) is 34.6. The monoisotopic (exact) mass is 770 g/mol. The summed E-state index contributed by atoms with van der Waals surface area (Å²) in [5.74, 6) is -0.00669. The summed E-state index contributed by atoms with van der Waals surface area (Å²) in [6, 6.07) is 28.4. The molecule has 4 atom stereocenters. The lowest BCUT2D eigenvalue weighted by Crippen LogP contribution is -2.62. The van der Waals surface area contributed by atoms with Gasteiger partial charge in [-0.05, 0) is 84.3 Å². The normalized spacial score (nSPS) is 20.1. The average molecular weight is 773 g/mol. The summed E-state index contributed by atoms with van der Waals surface area (Å²) in [6.45, 7) is 1.89. The van der Waals surface area contributed by atoms with E-state index >= 15 is 0 Å². The van der Waals surface area contributed by atoms with E-state index < -0.39 is 24.3 Å². The molecule has 0 aliphatic carbocycles. The van der Waals surface area contributed by atoms with E-state index in [-0.39, 0.29) is 21.9 Å². The van der Waals surface area contributed by atoms with Gasteiger partial charge in [-0.15, -0.1) is 0 Å². The second kappa shape index (κ2) is 13.6. The van der Waals surface area contributed by atoms with Crippen molar-refractivity contribution in [1.82, 2.24) is 0 Å². The van der Waals surface area contributed by atoms with E-state index in [0.717, 1.165) is 5.56 Å². The van der Waals surface area contributed by atoms with Crippen LogP contribution in [0.2, 0.25) is 30.1 Å². The second-order valence-corrected chi connectivity index (χ2v) is 14.0. The predicted octanol–water partition coefficient (Wildman–Crippen LogP) is 11.0. The molecule has 4 unspecified atom stereocenters. The molecule has 49 heavy (non-hydrogen) atoms. The van der Waals surface area contributed by atoms with E-state index in [9.17, 15) is 9.59 Å². The third-order valence-electron chi connectivity index (χ3n) is 8.57. The Morgan fingerprint density at radius 3 is 1.49 bits per heavy atom. The number of carbonyl (C=O) groups excluding carboxylic acids is 2. The van der Waals surface area contributed by atoms with Gasteiger partial charge in [-0.3, -0.25) is 19.4 Å². The summed E-state index contributed by atoms with van der Waals surface area (Å²) in [5.41, 5.74) is 3.27. The molecule has 2 saturated heterocycles. The topological polar surface area (TPSA) is 59.1 Å². The molecule has 2 aliphatic rings. The van der Waals surface area contributed by atoms with Crippen LogP contribution in [-0.4, -0.2) is 24.0 Å². The summed E-state index contributed by atoms with van der Waals surface area (Å²) < 4.78 is 12.4. The number of β-lactam (4-membered cyclic amide) rings is 2. The van der Waals surface area contributed by atoms with Gasteiger partial charge in [0.15, 0.2) is 0 Å². The van der Waals surface area contributed by atoms with E-state index in [1.165, 1.54) is 0 Å². The Kier molecular flexibility index (Phi) is 9.39. The van der Waals surface area contributed by atoms with Crippen LogP contribution in [-0.2, 0) is 9.59 Å². The molecule has 0 bridgehead atoms. The average Bonchev–Trinajstić information content (AvgIpc) is 3.07. The van der Waals surface area contributed by atoms with E-state index in [1.54, 1.807) is 64.4 Å². The molecule has 248 valence electrons. The minimum absolute atomic E-state index is 0.271. The van der Waals surface area contributed by atoms with Crippen LogP contribution in [0.1, 0.15) is 28.8 Å². The molecule has 2 fully saturated rings. The first-order valence-electron chi connectivity index (χ1n) is 15.0. The molecule has 0 saturated carbocycles. The summed E-state index contributed by atoms with van der Waals surface area (Å²) in [5, 5.41) is 2.35. The first-order valence-corrected chi connectivity index (χ1v) is 17.3. The molecule has 0 radical (unpaired) electrons. The Balaban J connectivity index is 1.27. The van der Waals surface area contributed by atoms with Gasteiger partial charge in [-0.25, -0.2) is 0 Å². The molecule has 5 aromatic rings. The fraction of sp³-hybridized carbons (Fsp3) is 0.135. The third-order valence-corrected chi connectivity index (χ3v) is 10.3. The number of anilines is 2. The number of ether oxygens (including phenoxy) is 2. The van der Waals surface area contributed by atoms with Gasteiger partial charge in [-0.2, -0.15) is 0 Å². The minimum Gasteiger partial charge on any atom is -0.476 e. The number of nitrogens with zero attached hydrogens (tertiary/aromatic N) is 2. The quantitative estimate of drug-likeness (QED) is 0.147. The van der Waals surface area contributed by atoms with E-state index in [0.29, 0.717) is 54.1 Å². The number of benzene rings is 5. The maximum absolute atomic E-state index is 14.0. The smallest absolute Gasteiger partial charge is 0.271 e. The van der Waals surface area contributed by atoms with Crippen molar-refractivity contribution in [3.8, 4) is 11.5 Å². The van der Waals surface area contributed by atoms with Crippen LogP contribution in [0.4, 0.5) is 11.4 Å². The van der Waals surface area contributed by atoms with Gasteiger partial charge < -0.3 is 9.47 Å². The lowest BCUT2D eigenvalue weighted by Gasteiger charge is -2.49. The number of carbonyl (C=O) groups is 2.